The van der Waals surface area contributed by atoms with Crippen LogP contribution in [0.15, 0.2) is 30.5 Å². The third kappa shape index (κ3) is 3.89. The van der Waals surface area contributed by atoms with Crippen LogP contribution in [0.1, 0.15) is 44.6 Å². The third-order valence-electron chi connectivity index (χ3n) is 6.23. The number of hydrogen-bond acceptors (Lipinski definition) is 5. The predicted molar refractivity (Wildman–Crippen MR) is 119 cm³/mol. The molecule has 0 bridgehead atoms. The minimum Gasteiger partial charge on any atom is -0.481 e. The number of ether oxygens (including phenoxy) is 1. The van der Waals surface area contributed by atoms with Gasteiger partial charge in [0, 0.05) is 18.7 Å². The van der Waals surface area contributed by atoms with Crippen molar-refractivity contribution in [1.82, 2.24) is 15.1 Å². The summed E-state index contributed by atoms with van der Waals surface area (Å²) >= 11 is 7.25. The average molecular weight is 497 g/mol. The molecule has 174 valence electrons. The van der Waals surface area contributed by atoms with Gasteiger partial charge in [0.05, 0.1) is 33.3 Å². The number of thiophene rings is 1. The molecule has 0 aliphatic carbocycles. The molecule has 4 heterocycles. The summed E-state index contributed by atoms with van der Waals surface area (Å²) in [6.45, 7) is 2.18. The van der Waals surface area contributed by atoms with Gasteiger partial charge in [0.2, 0.25) is 0 Å². The monoisotopic (exact) mass is 496 g/mol. The SMILES string of the molecule is NC(=O)c1sc2c(c1[C@H]1CNCC[C@@H]1c1ccc(C(F)(F)F)c(Cl)c1)-c1ccnn1CCO2. The fraction of sp³-hybridized carbons (Fsp3) is 0.364. The second-order valence-electron chi connectivity index (χ2n) is 8.10. The largest absolute Gasteiger partial charge is 0.481 e. The zero-order valence-corrected chi connectivity index (χ0v) is 18.9. The molecule has 11 heteroatoms. The van der Waals surface area contributed by atoms with E-state index >= 15 is 0 Å². The fourth-order valence-corrected chi connectivity index (χ4v) is 6.21. The number of primary amides is 1. The first kappa shape index (κ1) is 22.2. The normalized spacial score (nSPS) is 20.5. The molecule has 0 saturated carbocycles. The number of aromatic nitrogens is 2. The summed E-state index contributed by atoms with van der Waals surface area (Å²) in [6, 6.07) is 5.77. The maximum absolute atomic E-state index is 13.2. The summed E-state index contributed by atoms with van der Waals surface area (Å²) in [5.74, 6) is -0.950. The number of nitrogens with two attached hydrogens (primary N) is 1. The first-order chi connectivity index (χ1) is 15.8. The number of carbonyl (C=O) groups excluding carboxylic acids is 1. The first-order valence-corrected chi connectivity index (χ1v) is 11.6. The number of nitrogens with zero attached hydrogens (tertiary/aromatic N) is 2. The van der Waals surface area contributed by atoms with E-state index < -0.39 is 17.6 Å². The summed E-state index contributed by atoms with van der Waals surface area (Å²) in [6.07, 6.45) is -2.17. The standard InChI is InChI=1S/C22H20ClF3N4O2S/c23-15-9-11(1-2-14(15)22(24,25)26)12-3-5-28-10-13(12)17-18-16-4-6-29-30(16)7-8-32-21(18)33-19(17)20(27)31/h1-2,4,6,9,12-13,28H,3,5,7-8,10H2,(H2,27,31)/t12-,13+/m1/s1. The van der Waals surface area contributed by atoms with E-state index in [2.05, 4.69) is 10.4 Å². The van der Waals surface area contributed by atoms with Crippen LogP contribution in [0.2, 0.25) is 5.02 Å². The zero-order valence-electron chi connectivity index (χ0n) is 17.3. The Morgan fingerprint density at radius 3 is 2.85 bits per heavy atom. The summed E-state index contributed by atoms with van der Waals surface area (Å²) in [5, 5.41) is 7.99. The maximum atomic E-state index is 13.2. The molecule has 0 radical (unpaired) electrons. The number of alkyl halides is 3. The highest BCUT2D eigenvalue weighted by molar-refractivity contribution is 7.16. The Kier molecular flexibility index (Phi) is 5.62. The Hall–Kier alpha value is -2.56. The Morgan fingerprint density at radius 2 is 2.12 bits per heavy atom. The van der Waals surface area contributed by atoms with Crippen molar-refractivity contribution in [2.24, 2.45) is 5.73 Å². The molecule has 1 aromatic carbocycles. The molecule has 2 atom stereocenters. The molecule has 0 unspecified atom stereocenters. The Balaban J connectivity index is 1.66. The van der Waals surface area contributed by atoms with Gasteiger partial charge in [-0.1, -0.05) is 29.0 Å². The van der Waals surface area contributed by atoms with Crippen molar-refractivity contribution >= 4 is 28.8 Å². The van der Waals surface area contributed by atoms with Gasteiger partial charge in [-0.15, -0.1) is 0 Å². The molecule has 5 rings (SSSR count). The fourth-order valence-electron chi connectivity index (χ4n) is 4.80. The predicted octanol–water partition coefficient (Wildman–Crippen LogP) is 4.64. The quantitative estimate of drug-likeness (QED) is 0.553. The molecule has 2 aromatic heterocycles. The van der Waals surface area contributed by atoms with Gasteiger partial charge >= 0.3 is 6.18 Å². The number of benzene rings is 1. The molecule has 33 heavy (non-hydrogen) atoms. The molecule has 6 nitrogen and oxygen atoms in total. The maximum Gasteiger partial charge on any atom is 0.417 e. The summed E-state index contributed by atoms with van der Waals surface area (Å²) in [5.41, 5.74) is 7.96. The molecule has 0 spiro atoms. The Labute approximate surface area is 196 Å². The number of halogens is 4. The van der Waals surface area contributed by atoms with E-state index in [1.54, 1.807) is 6.20 Å². The highest BCUT2D eigenvalue weighted by Gasteiger charge is 2.38. The van der Waals surface area contributed by atoms with Crippen molar-refractivity contribution in [3.8, 4) is 16.3 Å². The molecular formula is C22H20ClF3N4O2S. The number of hydrogen-bond donors (Lipinski definition) is 2. The zero-order chi connectivity index (χ0) is 23.3. The van der Waals surface area contributed by atoms with Crippen LogP contribution in [0.5, 0.6) is 5.06 Å². The minimum atomic E-state index is -4.53. The third-order valence-corrected chi connectivity index (χ3v) is 7.67. The first-order valence-electron chi connectivity index (χ1n) is 10.4. The van der Waals surface area contributed by atoms with Crippen LogP contribution in [0, 0.1) is 0 Å². The highest BCUT2D eigenvalue weighted by Crippen LogP contribution is 2.51. The van der Waals surface area contributed by atoms with Crippen LogP contribution in [0.4, 0.5) is 13.2 Å². The van der Waals surface area contributed by atoms with Crippen molar-refractivity contribution in [2.75, 3.05) is 19.7 Å². The van der Waals surface area contributed by atoms with E-state index in [4.69, 9.17) is 22.1 Å². The lowest BCUT2D eigenvalue weighted by Gasteiger charge is -2.34. The second kappa shape index (κ2) is 8.34. The molecule has 1 fully saturated rings. The van der Waals surface area contributed by atoms with E-state index in [-0.39, 0.29) is 16.9 Å². The summed E-state index contributed by atoms with van der Waals surface area (Å²) in [4.78, 5) is 12.9. The molecular weight excluding hydrogens is 477 g/mol. The number of carbonyl (C=O) groups is 1. The Bertz CT molecular complexity index is 1220. The molecule has 1 amide bonds. The van der Waals surface area contributed by atoms with Gasteiger partial charge in [-0.05, 0) is 48.2 Å². The smallest absolute Gasteiger partial charge is 0.417 e. The van der Waals surface area contributed by atoms with Crippen molar-refractivity contribution in [3.05, 3.63) is 57.1 Å². The van der Waals surface area contributed by atoms with Crippen LogP contribution in [0.3, 0.4) is 0 Å². The van der Waals surface area contributed by atoms with E-state index in [1.165, 1.54) is 23.5 Å². The highest BCUT2D eigenvalue weighted by atomic mass is 35.5. The van der Waals surface area contributed by atoms with Crippen molar-refractivity contribution < 1.29 is 22.7 Å². The van der Waals surface area contributed by atoms with Gasteiger partial charge in [0.15, 0.2) is 5.06 Å². The van der Waals surface area contributed by atoms with Crippen molar-refractivity contribution in [3.63, 3.8) is 0 Å². The topological polar surface area (TPSA) is 82.2 Å². The lowest BCUT2D eigenvalue weighted by atomic mass is 9.75. The number of nitrogens with one attached hydrogen (secondary N) is 1. The van der Waals surface area contributed by atoms with Gasteiger partial charge < -0.3 is 15.8 Å². The van der Waals surface area contributed by atoms with Crippen molar-refractivity contribution in [1.29, 1.82) is 0 Å². The molecule has 2 aliphatic heterocycles. The van der Waals surface area contributed by atoms with Gasteiger partial charge in [-0.3, -0.25) is 9.48 Å². The lowest BCUT2D eigenvalue weighted by Crippen LogP contribution is -2.35. The molecule has 3 N–H and O–H groups in total. The van der Waals surface area contributed by atoms with Crippen molar-refractivity contribution in [2.45, 2.75) is 31.0 Å². The van der Waals surface area contributed by atoms with E-state index in [0.717, 1.165) is 22.9 Å². The number of amides is 1. The van der Waals surface area contributed by atoms with Crippen LogP contribution < -0.4 is 15.8 Å². The number of piperidine rings is 1. The van der Waals surface area contributed by atoms with Crippen LogP contribution >= 0.6 is 22.9 Å². The number of fused-ring (bicyclic) bond motifs is 3. The van der Waals surface area contributed by atoms with Crippen LogP contribution in [-0.2, 0) is 12.7 Å². The summed E-state index contributed by atoms with van der Waals surface area (Å²) in [7, 11) is 0. The lowest BCUT2D eigenvalue weighted by molar-refractivity contribution is -0.137. The molecule has 1 saturated heterocycles. The second-order valence-corrected chi connectivity index (χ2v) is 9.49. The van der Waals surface area contributed by atoms with Gasteiger partial charge in [-0.2, -0.15) is 18.3 Å². The minimum absolute atomic E-state index is 0.164. The van der Waals surface area contributed by atoms with E-state index in [0.29, 0.717) is 48.2 Å². The van der Waals surface area contributed by atoms with Gasteiger partial charge in [-0.25, -0.2) is 0 Å². The van der Waals surface area contributed by atoms with E-state index in [1.807, 2.05) is 10.7 Å². The van der Waals surface area contributed by atoms with Crippen LogP contribution in [0.25, 0.3) is 11.3 Å². The average Bonchev–Trinajstić information content (AvgIpc) is 3.33. The van der Waals surface area contributed by atoms with Gasteiger partial charge in [0.1, 0.15) is 6.61 Å². The van der Waals surface area contributed by atoms with Gasteiger partial charge in [0.25, 0.3) is 5.91 Å². The number of rotatable bonds is 3. The van der Waals surface area contributed by atoms with E-state index in [9.17, 15) is 18.0 Å². The molecule has 2 aliphatic rings. The Morgan fingerprint density at radius 1 is 1.30 bits per heavy atom. The summed E-state index contributed by atoms with van der Waals surface area (Å²) < 4.78 is 47.5. The van der Waals surface area contributed by atoms with Crippen LogP contribution in [-0.4, -0.2) is 35.4 Å². The molecule has 3 aromatic rings.